The number of aromatic nitrogens is 1. The van der Waals surface area contributed by atoms with Crippen LogP contribution in [0, 0.1) is 0 Å². The first kappa shape index (κ1) is 11.0. The van der Waals surface area contributed by atoms with Crippen molar-refractivity contribution in [2.24, 2.45) is 0 Å². The summed E-state index contributed by atoms with van der Waals surface area (Å²) in [5.74, 6) is 0.474. The number of nitrogens with one attached hydrogen (secondary N) is 1. The van der Waals surface area contributed by atoms with Gasteiger partial charge in [0, 0.05) is 35.0 Å². The van der Waals surface area contributed by atoms with Gasteiger partial charge in [0.05, 0.1) is 5.69 Å². The third-order valence-electron chi connectivity index (χ3n) is 1.99. The van der Waals surface area contributed by atoms with Crippen molar-refractivity contribution in [3.63, 3.8) is 0 Å². The Balaban J connectivity index is 2.54. The lowest BCUT2D eigenvalue weighted by molar-refractivity contribution is 0.679. The van der Waals surface area contributed by atoms with Gasteiger partial charge in [-0.15, -0.1) is 0 Å². The predicted octanol–water partition coefficient (Wildman–Crippen LogP) is 0.843. The molecule has 1 rings (SSSR count). The van der Waals surface area contributed by atoms with Crippen molar-refractivity contribution >= 4 is 22.3 Å². The quantitative estimate of drug-likeness (QED) is 0.778. The van der Waals surface area contributed by atoms with E-state index in [0.29, 0.717) is 12.4 Å². The number of anilines is 2. The van der Waals surface area contributed by atoms with E-state index in [2.05, 4.69) is 10.3 Å². The van der Waals surface area contributed by atoms with Crippen molar-refractivity contribution in [3.8, 4) is 0 Å². The predicted molar refractivity (Wildman–Crippen MR) is 60.7 cm³/mol. The van der Waals surface area contributed by atoms with Crippen molar-refractivity contribution in [2.45, 2.75) is 12.2 Å². The highest BCUT2D eigenvalue weighted by atomic mass is 32.2. The lowest BCUT2D eigenvalue weighted by Gasteiger charge is -2.11. The van der Waals surface area contributed by atoms with E-state index in [0.717, 1.165) is 5.69 Å². The molecule has 2 atom stereocenters. The third kappa shape index (κ3) is 2.99. The van der Waals surface area contributed by atoms with Crippen LogP contribution in [0.15, 0.2) is 18.3 Å². The van der Waals surface area contributed by atoms with Gasteiger partial charge in [-0.1, -0.05) is 0 Å². The minimum absolute atomic E-state index is 0.106. The lowest BCUT2D eigenvalue weighted by atomic mass is 10.3. The molecule has 0 spiro atoms. The third-order valence-corrected chi connectivity index (χ3v) is 3.29. The van der Waals surface area contributed by atoms with Gasteiger partial charge in [0.25, 0.3) is 0 Å². The van der Waals surface area contributed by atoms with Gasteiger partial charge in [0.1, 0.15) is 5.82 Å². The minimum Gasteiger partial charge on any atom is -0.382 e. The molecule has 0 aromatic carbocycles. The first-order valence-electron chi connectivity index (χ1n) is 4.38. The molecule has 0 fully saturated rings. The Morgan fingerprint density at radius 1 is 1.71 bits per heavy atom. The van der Waals surface area contributed by atoms with Crippen LogP contribution in [0.3, 0.4) is 0 Å². The zero-order valence-corrected chi connectivity index (χ0v) is 9.17. The number of pyridine rings is 1. The second-order valence-electron chi connectivity index (χ2n) is 3.13. The molecule has 0 saturated heterocycles. The highest BCUT2D eigenvalue weighted by Gasteiger charge is 2.06. The second-order valence-corrected chi connectivity index (χ2v) is 4.93. The molecule has 0 bridgehead atoms. The largest absolute Gasteiger partial charge is 0.382 e. The van der Waals surface area contributed by atoms with Crippen LogP contribution in [-0.2, 0) is 10.8 Å². The smallest absolute Gasteiger partial charge is 0.146 e. The van der Waals surface area contributed by atoms with Gasteiger partial charge in [-0.05, 0) is 19.1 Å². The van der Waals surface area contributed by atoms with Crippen molar-refractivity contribution in [3.05, 3.63) is 18.3 Å². The van der Waals surface area contributed by atoms with Crippen molar-refractivity contribution in [1.82, 2.24) is 4.98 Å². The van der Waals surface area contributed by atoms with Crippen molar-refractivity contribution in [2.75, 3.05) is 23.9 Å². The first-order chi connectivity index (χ1) is 6.61. The summed E-state index contributed by atoms with van der Waals surface area (Å²) in [7, 11) is -0.814. The number of nitrogens with two attached hydrogens (primary N) is 1. The van der Waals surface area contributed by atoms with Crippen LogP contribution in [0.5, 0.6) is 0 Å². The molecule has 0 amide bonds. The van der Waals surface area contributed by atoms with Gasteiger partial charge in [0.15, 0.2) is 0 Å². The molecule has 4 nitrogen and oxygen atoms in total. The van der Waals surface area contributed by atoms with Gasteiger partial charge < -0.3 is 11.1 Å². The number of rotatable bonds is 4. The Hall–Kier alpha value is -1.10. The Morgan fingerprint density at radius 2 is 2.43 bits per heavy atom. The molecule has 5 heteroatoms. The number of nitrogen functional groups attached to an aromatic ring is 1. The van der Waals surface area contributed by atoms with Crippen LogP contribution in [0.2, 0.25) is 0 Å². The fraction of sp³-hybridized carbons (Fsp3) is 0.444. The molecule has 14 heavy (non-hydrogen) atoms. The maximum Gasteiger partial charge on any atom is 0.146 e. The summed E-state index contributed by atoms with van der Waals surface area (Å²) in [6.45, 7) is 2.56. The Kier molecular flexibility index (Phi) is 3.88. The minimum atomic E-state index is -0.814. The van der Waals surface area contributed by atoms with Crippen molar-refractivity contribution in [1.29, 1.82) is 0 Å². The SMILES string of the molecule is CC(CNc1cccnc1N)S(C)=O. The Bertz CT molecular complexity index is 330. The summed E-state index contributed by atoms with van der Waals surface area (Å²) in [5, 5.41) is 3.22. The van der Waals surface area contributed by atoms with Crippen LogP contribution in [0.1, 0.15) is 6.92 Å². The summed E-state index contributed by atoms with van der Waals surface area (Å²) in [6.07, 6.45) is 3.33. The molecule has 0 aliphatic carbocycles. The average molecular weight is 213 g/mol. The molecule has 1 aromatic rings. The zero-order chi connectivity index (χ0) is 10.6. The number of nitrogens with zero attached hydrogens (tertiary/aromatic N) is 1. The Morgan fingerprint density at radius 3 is 3.00 bits per heavy atom. The summed E-state index contributed by atoms with van der Waals surface area (Å²) in [5.41, 5.74) is 6.43. The number of hydrogen-bond acceptors (Lipinski definition) is 4. The van der Waals surface area contributed by atoms with E-state index in [1.165, 1.54) is 0 Å². The average Bonchev–Trinajstić information content (AvgIpc) is 2.16. The monoisotopic (exact) mass is 213 g/mol. The molecule has 2 unspecified atom stereocenters. The summed E-state index contributed by atoms with van der Waals surface area (Å²) in [6, 6.07) is 3.67. The molecule has 0 aliphatic rings. The molecule has 0 radical (unpaired) electrons. The Labute approximate surface area is 86.4 Å². The van der Waals surface area contributed by atoms with Gasteiger partial charge in [-0.2, -0.15) is 0 Å². The van der Waals surface area contributed by atoms with E-state index in [9.17, 15) is 4.21 Å². The molecule has 1 aromatic heterocycles. The molecule has 3 N–H and O–H groups in total. The van der Waals surface area contributed by atoms with E-state index in [-0.39, 0.29) is 5.25 Å². The second kappa shape index (κ2) is 4.95. The van der Waals surface area contributed by atoms with Crippen LogP contribution in [-0.4, -0.2) is 27.2 Å². The molecular formula is C9H15N3OS. The highest BCUT2D eigenvalue weighted by Crippen LogP contribution is 2.13. The fourth-order valence-electron chi connectivity index (χ4n) is 0.938. The molecule has 0 saturated carbocycles. The van der Waals surface area contributed by atoms with Crippen LogP contribution < -0.4 is 11.1 Å². The van der Waals surface area contributed by atoms with Crippen LogP contribution in [0.4, 0.5) is 11.5 Å². The lowest BCUT2D eigenvalue weighted by Crippen LogP contribution is -2.21. The van der Waals surface area contributed by atoms with E-state index >= 15 is 0 Å². The van der Waals surface area contributed by atoms with Gasteiger partial charge in [-0.25, -0.2) is 4.98 Å². The maximum absolute atomic E-state index is 11.1. The van der Waals surface area contributed by atoms with E-state index < -0.39 is 10.8 Å². The van der Waals surface area contributed by atoms with Gasteiger partial charge >= 0.3 is 0 Å². The van der Waals surface area contributed by atoms with E-state index in [1.54, 1.807) is 12.5 Å². The normalized spacial score (nSPS) is 14.7. The maximum atomic E-state index is 11.1. The van der Waals surface area contributed by atoms with E-state index in [4.69, 9.17) is 5.73 Å². The summed E-state index contributed by atoms with van der Waals surface area (Å²) >= 11 is 0. The zero-order valence-electron chi connectivity index (χ0n) is 8.36. The topological polar surface area (TPSA) is 68.0 Å². The highest BCUT2D eigenvalue weighted by molar-refractivity contribution is 7.84. The van der Waals surface area contributed by atoms with E-state index in [1.807, 2.05) is 19.1 Å². The molecular weight excluding hydrogens is 198 g/mol. The van der Waals surface area contributed by atoms with Crippen molar-refractivity contribution < 1.29 is 4.21 Å². The van der Waals surface area contributed by atoms with Crippen LogP contribution >= 0.6 is 0 Å². The first-order valence-corrected chi connectivity index (χ1v) is 6.00. The molecule has 1 heterocycles. The van der Waals surface area contributed by atoms with Gasteiger partial charge in [-0.3, -0.25) is 4.21 Å². The number of hydrogen-bond donors (Lipinski definition) is 2. The molecule has 0 aliphatic heterocycles. The fourth-order valence-corrected chi connectivity index (χ4v) is 1.26. The standard InChI is InChI=1S/C9H15N3OS/c1-7(14(2)13)6-12-8-4-3-5-11-9(8)10/h3-5,7,12H,6H2,1-2H3,(H2,10,11). The summed E-state index contributed by atoms with van der Waals surface area (Å²) in [4.78, 5) is 3.94. The van der Waals surface area contributed by atoms with Gasteiger partial charge in [0.2, 0.25) is 0 Å². The van der Waals surface area contributed by atoms with Crippen LogP contribution in [0.25, 0.3) is 0 Å². The molecule has 78 valence electrons. The summed E-state index contributed by atoms with van der Waals surface area (Å²) < 4.78 is 11.1.